The van der Waals surface area contributed by atoms with Gasteiger partial charge in [0.05, 0.1) is 24.3 Å². The average Bonchev–Trinajstić information content (AvgIpc) is 3.56. The zero-order valence-corrected chi connectivity index (χ0v) is 20.7. The van der Waals surface area contributed by atoms with Crippen LogP contribution in [0, 0.1) is 24.1 Å². The summed E-state index contributed by atoms with van der Waals surface area (Å²) in [5, 5.41) is 12.0. The molecule has 1 atom stereocenters. The number of furan rings is 1. The molecule has 1 saturated heterocycles. The van der Waals surface area contributed by atoms with Crippen LogP contribution < -0.4 is 5.32 Å². The Balaban J connectivity index is 1.52. The zero-order valence-electron chi connectivity index (χ0n) is 20.7. The largest absolute Gasteiger partial charge is 0.464 e. The molecule has 37 heavy (non-hydrogen) atoms. The van der Waals surface area contributed by atoms with Gasteiger partial charge in [-0.05, 0) is 67.8 Å². The van der Waals surface area contributed by atoms with Crippen LogP contribution in [0.3, 0.4) is 0 Å². The molecule has 1 unspecified atom stereocenters. The van der Waals surface area contributed by atoms with E-state index in [1.54, 1.807) is 47.4 Å². The van der Waals surface area contributed by atoms with E-state index in [1.165, 1.54) is 17.0 Å². The number of urea groups is 1. The SMILES string of the molecule is Cc1ccc(CN(Cc2ccc(F)cc2)C(=O)CN(CC2CCCO2)C(=O)Nc2cccc(C#N)c2)o1. The highest BCUT2D eigenvalue weighted by Crippen LogP contribution is 2.18. The fraction of sp³-hybridized carbons (Fsp3) is 0.321. The minimum Gasteiger partial charge on any atom is -0.464 e. The summed E-state index contributed by atoms with van der Waals surface area (Å²) in [5.41, 5.74) is 1.63. The lowest BCUT2D eigenvalue weighted by molar-refractivity contribution is -0.133. The van der Waals surface area contributed by atoms with Crippen molar-refractivity contribution in [2.45, 2.75) is 39.0 Å². The van der Waals surface area contributed by atoms with Crippen LogP contribution in [0.15, 0.2) is 65.1 Å². The summed E-state index contributed by atoms with van der Waals surface area (Å²) in [5.74, 6) is 0.681. The predicted molar refractivity (Wildman–Crippen MR) is 135 cm³/mol. The van der Waals surface area contributed by atoms with Crippen molar-refractivity contribution < 1.29 is 23.1 Å². The molecule has 2 aromatic carbocycles. The molecule has 1 fully saturated rings. The maximum absolute atomic E-state index is 13.6. The van der Waals surface area contributed by atoms with E-state index in [2.05, 4.69) is 5.32 Å². The molecule has 1 aromatic heterocycles. The number of carbonyl (C=O) groups is 2. The lowest BCUT2D eigenvalue weighted by atomic mass is 10.2. The van der Waals surface area contributed by atoms with Crippen molar-refractivity contribution >= 4 is 17.6 Å². The van der Waals surface area contributed by atoms with E-state index in [1.807, 2.05) is 19.1 Å². The zero-order chi connectivity index (χ0) is 26.2. The first-order valence-electron chi connectivity index (χ1n) is 12.1. The van der Waals surface area contributed by atoms with Crippen LogP contribution in [-0.4, -0.2) is 47.5 Å². The van der Waals surface area contributed by atoms with Crippen molar-refractivity contribution in [2.75, 3.05) is 25.0 Å². The van der Waals surface area contributed by atoms with Crippen LogP contribution in [0.5, 0.6) is 0 Å². The fourth-order valence-electron chi connectivity index (χ4n) is 4.19. The third-order valence-electron chi connectivity index (χ3n) is 6.09. The number of nitrogens with zero attached hydrogens (tertiary/aromatic N) is 3. The molecule has 2 heterocycles. The summed E-state index contributed by atoms with van der Waals surface area (Å²) < 4.78 is 24.9. The number of halogens is 1. The summed E-state index contributed by atoms with van der Waals surface area (Å²) in [6.07, 6.45) is 1.53. The van der Waals surface area contributed by atoms with E-state index in [0.717, 1.165) is 24.2 Å². The number of benzene rings is 2. The van der Waals surface area contributed by atoms with Crippen LogP contribution in [0.25, 0.3) is 0 Å². The lowest BCUT2D eigenvalue weighted by Gasteiger charge is -2.29. The Hall–Kier alpha value is -4.16. The molecular formula is C28H29FN4O4. The minimum absolute atomic E-state index is 0.165. The van der Waals surface area contributed by atoms with Crippen LogP contribution in [0.4, 0.5) is 14.9 Å². The maximum atomic E-state index is 13.6. The number of hydrogen-bond donors (Lipinski definition) is 1. The molecule has 0 radical (unpaired) electrons. The summed E-state index contributed by atoms with van der Waals surface area (Å²) in [6.45, 7) is 2.92. The second kappa shape index (κ2) is 12.2. The number of aryl methyl sites for hydroxylation is 1. The summed E-state index contributed by atoms with van der Waals surface area (Å²) in [6, 6.07) is 17.7. The molecule has 9 heteroatoms. The van der Waals surface area contributed by atoms with Gasteiger partial charge in [-0.25, -0.2) is 9.18 Å². The highest BCUT2D eigenvalue weighted by molar-refractivity contribution is 5.92. The fourth-order valence-corrected chi connectivity index (χ4v) is 4.19. The molecule has 192 valence electrons. The van der Waals surface area contributed by atoms with E-state index in [-0.39, 0.29) is 44.0 Å². The van der Waals surface area contributed by atoms with Crippen LogP contribution in [-0.2, 0) is 22.6 Å². The average molecular weight is 505 g/mol. The Kier molecular flexibility index (Phi) is 8.54. The van der Waals surface area contributed by atoms with Crippen LogP contribution >= 0.6 is 0 Å². The minimum atomic E-state index is -0.463. The van der Waals surface area contributed by atoms with E-state index in [4.69, 9.17) is 14.4 Å². The Morgan fingerprint density at radius 2 is 1.92 bits per heavy atom. The molecular weight excluding hydrogens is 475 g/mol. The molecule has 0 saturated carbocycles. The Morgan fingerprint density at radius 3 is 2.59 bits per heavy atom. The molecule has 0 spiro atoms. The standard InChI is InChI=1S/C28H29FN4O4/c1-20-7-12-26(37-20)18-32(16-21-8-10-23(29)11-9-21)27(34)19-33(17-25-6-3-13-36-25)28(35)31-24-5-2-4-22(14-24)15-30/h2,4-5,7-12,14,25H,3,6,13,16-19H2,1H3,(H,31,35). The van der Waals surface area contributed by atoms with Gasteiger partial charge in [0.15, 0.2) is 0 Å². The van der Waals surface area contributed by atoms with Crippen molar-refractivity contribution in [3.05, 3.63) is 89.1 Å². The van der Waals surface area contributed by atoms with Crippen molar-refractivity contribution in [1.82, 2.24) is 9.80 Å². The smallest absolute Gasteiger partial charge is 0.322 e. The van der Waals surface area contributed by atoms with Gasteiger partial charge < -0.3 is 24.3 Å². The third kappa shape index (κ3) is 7.41. The van der Waals surface area contributed by atoms with Crippen molar-refractivity contribution in [3.63, 3.8) is 0 Å². The monoisotopic (exact) mass is 504 g/mol. The van der Waals surface area contributed by atoms with Gasteiger partial charge in [0.25, 0.3) is 0 Å². The number of ether oxygens (including phenoxy) is 1. The Labute approximate surface area is 215 Å². The number of nitrogens with one attached hydrogen (secondary N) is 1. The van der Waals surface area contributed by atoms with Gasteiger partial charge in [0.1, 0.15) is 23.9 Å². The van der Waals surface area contributed by atoms with Crippen molar-refractivity contribution in [2.24, 2.45) is 0 Å². The predicted octanol–water partition coefficient (Wildman–Crippen LogP) is 4.84. The van der Waals surface area contributed by atoms with E-state index in [0.29, 0.717) is 23.6 Å². The molecule has 1 aliphatic heterocycles. The van der Waals surface area contributed by atoms with Crippen LogP contribution in [0.1, 0.15) is 35.5 Å². The second-order valence-electron chi connectivity index (χ2n) is 9.03. The number of nitriles is 1. The van der Waals surface area contributed by atoms with E-state index in [9.17, 15) is 14.0 Å². The molecule has 1 N–H and O–H groups in total. The van der Waals surface area contributed by atoms with E-state index >= 15 is 0 Å². The normalized spacial score (nSPS) is 14.7. The number of amides is 3. The van der Waals surface area contributed by atoms with E-state index < -0.39 is 6.03 Å². The summed E-state index contributed by atoms with van der Waals surface area (Å²) in [4.78, 5) is 29.8. The third-order valence-corrected chi connectivity index (χ3v) is 6.09. The Morgan fingerprint density at radius 1 is 1.11 bits per heavy atom. The highest BCUT2D eigenvalue weighted by atomic mass is 19.1. The van der Waals surface area contributed by atoms with Gasteiger partial charge in [-0.1, -0.05) is 18.2 Å². The first-order valence-corrected chi connectivity index (χ1v) is 12.1. The van der Waals surface area contributed by atoms with Gasteiger partial charge in [-0.15, -0.1) is 0 Å². The molecule has 4 rings (SSSR count). The Bertz CT molecular complexity index is 1260. The molecule has 3 aromatic rings. The molecule has 3 amide bonds. The van der Waals surface area contributed by atoms with Gasteiger partial charge in [0, 0.05) is 25.4 Å². The molecule has 8 nitrogen and oxygen atoms in total. The highest BCUT2D eigenvalue weighted by Gasteiger charge is 2.27. The number of hydrogen-bond acceptors (Lipinski definition) is 5. The van der Waals surface area contributed by atoms with Gasteiger partial charge in [-0.3, -0.25) is 4.79 Å². The molecule has 0 bridgehead atoms. The van der Waals surface area contributed by atoms with Gasteiger partial charge >= 0.3 is 6.03 Å². The first kappa shape index (κ1) is 25.9. The number of rotatable bonds is 9. The quantitative estimate of drug-likeness (QED) is 0.450. The lowest BCUT2D eigenvalue weighted by Crippen LogP contribution is -2.46. The topological polar surface area (TPSA) is 98.8 Å². The van der Waals surface area contributed by atoms with Crippen LogP contribution in [0.2, 0.25) is 0 Å². The number of carbonyl (C=O) groups excluding carboxylic acids is 2. The number of anilines is 1. The first-order chi connectivity index (χ1) is 17.9. The summed E-state index contributed by atoms with van der Waals surface area (Å²) >= 11 is 0. The maximum Gasteiger partial charge on any atom is 0.322 e. The van der Waals surface area contributed by atoms with Crippen molar-refractivity contribution in [3.8, 4) is 6.07 Å². The molecule has 0 aliphatic carbocycles. The van der Waals surface area contributed by atoms with Gasteiger partial charge in [-0.2, -0.15) is 5.26 Å². The summed E-state index contributed by atoms with van der Waals surface area (Å²) in [7, 11) is 0. The van der Waals surface area contributed by atoms with Gasteiger partial charge in [0.2, 0.25) is 5.91 Å². The second-order valence-corrected chi connectivity index (χ2v) is 9.03. The van der Waals surface area contributed by atoms with Crippen molar-refractivity contribution in [1.29, 1.82) is 5.26 Å². The molecule has 1 aliphatic rings.